The van der Waals surface area contributed by atoms with Gasteiger partial charge in [0.05, 0.1) is 7.11 Å². The molecule has 0 aliphatic carbocycles. The molecule has 1 atom stereocenters. The second kappa shape index (κ2) is 7.31. The zero-order valence-electron chi connectivity index (χ0n) is 12.8. The fraction of sp³-hybridized carbons (Fsp3) is 0.562. The molecule has 5 nitrogen and oxygen atoms in total. The predicted molar refractivity (Wildman–Crippen MR) is 81.9 cm³/mol. The van der Waals surface area contributed by atoms with Crippen molar-refractivity contribution in [3.63, 3.8) is 0 Å². The lowest BCUT2D eigenvalue weighted by Crippen LogP contribution is -2.38. The first-order chi connectivity index (χ1) is 10.1. The minimum Gasteiger partial charge on any atom is -0.504 e. The molecule has 1 aliphatic rings. The van der Waals surface area contributed by atoms with E-state index in [1.807, 2.05) is 0 Å². The molecule has 1 heterocycles. The number of piperidine rings is 1. The molecule has 0 spiro atoms. The van der Waals surface area contributed by atoms with Crippen LogP contribution in [0.4, 0.5) is 0 Å². The summed E-state index contributed by atoms with van der Waals surface area (Å²) in [6.07, 6.45) is 4.66. The highest BCUT2D eigenvalue weighted by molar-refractivity contribution is 5.94. The van der Waals surface area contributed by atoms with Gasteiger partial charge >= 0.3 is 0 Å². The summed E-state index contributed by atoms with van der Waals surface area (Å²) in [6, 6.07) is 5.25. The molecule has 1 unspecified atom stereocenters. The van der Waals surface area contributed by atoms with Crippen molar-refractivity contribution in [1.29, 1.82) is 0 Å². The number of ether oxygens (including phenoxy) is 1. The summed E-state index contributed by atoms with van der Waals surface area (Å²) >= 11 is 0. The molecule has 1 saturated heterocycles. The molecule has 1 amide bonds. The van der Waals surface area contributed by atoms with E-state index >= 15 is 0 Å². The van der Waals surface area contributed by atoms with Gasteiger partial charge in [-0.1, -0.05) is 6.42 Å². The van der Waals surface area contributed by atoms with E-state index in [9.17, 15) is 9.90 Å². The summed E-state index contributed by atoms with van der Waals surface area (Å²) in [4.78, 5) is 14.0. The lowest BCUT2D eigenvalue weighted by Gasteiger charge is -2.26. The van der Waals surface area contributed by atoms with Gasteiger partial charge in [-0.15, -0.1) is 0 Å². The number of rotatable bonds is 5. The Morgan fingerprint density at radius 2 is 2.29 bits per heavy atom. The van der Waals surface area contributed by atoms with Crippen LogP contribution in [0, 0.1) is 0 Å². The molecule has 0 aromatic heterocycles. The zero-order chi connectivity index (χ0) is 15.2. The number of amides is 1. The fourth-order valence-corrected chi connectivity index (χ4v) is 2.66. The monoisotopic (exact) mass is 292 g/mol. The molecular formula is C16H24N2O3. The van der Waals surface area contributed by atoms with Crippen LogP contribution < -0.4 is 10.1 Å². The Balaban J connectivity index is 1.90. The van der Waals surface area contributed by atoms with E-state index in [0.717, 1.165) is 13.0 Å². The van der Waals surface area contributed by atoms with Crippen molar-refractivity contribution in [3.05, 3.63) is 23.8 Å². The van der Waals surface area contributed by atoms with E-state index in [1.54, 1.807) is 24.1 Å². The van der Waals surface area contributed by atoms with Crippen molar-refractivity contribution in [2.24, 2.45) is 0 Å². The Bertz CT molecular complexity index is 484. The second-order valence-electron chi connectivity index (χ2n) is 5.55. The number of aromatic hydroxyl groups is 1. The van der Waals surface area contributed by atoms with Crippen LogP contribution in [0.25, 0.3) is 0 Å². The van der Waals surface area contributed by atoms with Crippen LogP contribution in [-0.4, -0.2) is 49.2 Å². The summed E-state index contributed by atoms with van der Waals surface area (Å²) in [6.45, 7) is 1.79. The van der Waals surface area contributed by atoms with Gasteiger partial charge < -0.3 is 20.1 Å². The Morgan fingerprint density at radius 3 is 2.90 bits per heavy atom. The minimum absolute atomic E-state index is 0.00861. The van der Waals surface area contributed by atoms with Gasteiger partial charge in [-0.2, -0.15) is 0 Å². The first-order valence-electron chi connectivity index (χ1n) is 7.47. The van der Waals surface area contributed by atoms with E-state index in [0.29, 0.717) is 23.9 Å². The fourth-order valence-electron chi connectivity index (χ4n) is 2.66. The number of nitrogens with one attached hydrogen (secondary N) is 1. The minimum atomic E-state index is -0.0798. The average molecular weight is 292 g/mol. The Hall–Kier alpha value is -1.75. The van der Waals surface area contributed by atoms with Gasteiger partial charge in [-0.25, -0.2) is 0 Å². The first-order valence-corrected chi connectivity index (χ1v) is 7.47. The molecule has 1 aromatic rings. The summed E-state index contributed by atoms with van der Waals surface area (Å²) < 4.78 is 4.98. The Kier molecular flexibility index (Phi) is 5.44. The van der Waals surface area contributed by atoms with Gasteiger partial charge in [0.25, 0.3) is 5.91 Å². The highest BCUT2D eigenvalue weighted by Gasteiger charge is 2.17. The van der Waals surface area contributed by atoms with Crippen LogP contribution in [0.3, 0.4) is 0 Å². The largest absolute Gasteiger partial charge is 0.504 e. The zero-order valence-corrected chi connectivity index (χ0v) is 12.8. The van der Waals surface area contributed by atoms with E-state index in [4.69, 9.17) is 4.74 Å². The van der Waals surface area contributed by atoms with Crippen molar-refractivity contribution in [2.45, 2.75) is 31.7 Å². The van der Waals surface area contributed by atoms with Gasteiger partial charge in [-0.3, -0.25) is 4.79 Å². The average Bonchev–Trinajstić information content (AvgIpc) is 2.52. The molecular weight excluding hydrogens is 268 g/mol. The molecule has 116 valence electrons. The SMILES string of the molecule is COc1ccc(C(=O)N(C)CCC2CCCCN2)cc1O. The quantitative estimate of drug-likeness (QED) is 0.871. The van der Waals surface area contributed by atoms with Gasteiger partial charge in [0, 0.05) is 25.2 Å². The number of phenolic OH excluding ortho intramolecular Hbond substituents is 1. The van der Waals surface area contributed by atoms with Gasteiger partial charge in [0.15, 0.2) is 11.5 Å². The molecule has 0 bridgehead atoms. The molecule has 1 aromatic carbocycles. The molecule has 5 heteroatoms. The summed E-state index contributed by atoms with van der Waals surface area (Å²) in [5.74, 6) is 0.287. The van der Waals surface area contributed by atoms with Crippen molar-refractivity contribution >= 4 is 5.91 Å². The maximum Gasteiger partial charge on any atom is 0.253 e. The second-order valence-corrected chi connectivity index (χ2v) is 5.55. The van der Waals surface area contributed by atoms with Crippen LogP contribution in [0.2, 0.25) is 0 Å². The molecule has 0 saturated carbocycles. The molecule has 21 heavy (non-hydrogen) atoms. The number of carbonyl (C=O) groups is 1. The Morgan fingerprint density at radius 1 is 1.48 bits per heavy atom. The van der Waals surface area contributed by atoms with Crippen LogP contribution >= 0.6 is 0 Å². The van der Waals surface area contributed by atoms with Crippen molar-refractivity contribution in [3.8, 4) is 11.5 Å². The lowest BCUT2D eigenvalue weighted by molar-refractivity contribution is 0.0787. The normalized spacial score (nSPS) is 18.3. The number of nitrogens with zero attached hydrogens (tertiary/aromatic N) is 1. The summed E-state index contributed by atoms with van der Waals surface area (Å²) in [7, 11) is 3.28. The number of benzene rings is 1. The van der Waals surface area contributed by atoms with E-state index in [1.165, 1.54) is 32.4 Å². The predicted octanol–water partition coefficient (Wildman–Crippen LogP) is 2.01. The van der Waals surface area contributed by atoms with Crippen molar-refractivity contribution in [2.75, 3.05) is 27.2 Å². The standard InChI is InChI=1S/C16H24N2O3/c1-18(10-8-13-5-3-4-9-17-13)16(20)12-6-7-15(21-2)14(19)11-12/h6-7,11,13,17,19H,3-5,8-10H2,1-2H3. The maximum absolute atomic E-state index is 12.3. The number of hydrogen-bond donors (Lipinski definition) is 2. The molecule has 1 aliphatic heterocycles. The molecule has 2 N–H and O–H groups in total. The number of carbonyl (C=O) groups excluding carboxylic acids is 1. The topological polar surface area (TPSA) is 61.8 Å². The van der Waals surface area contributed by atoms with Crippen LogP contribution in [0.15, 0.2) is 18.2 Å². The van der Waals surface area contributed by atoms with Crippen LogP contribution in [0.1, 0.15) is 36.0 Å². The number of phenols is 1. The lowest BCUT2D eigenvalue weighted by atomic mass is 10.0. The Labute approximate surface area is 125 Å². The van der Waals surface area contributed by atoms with Crippen molar-refractivity contribution in [1.82, 2.24) is 10.2 Å². The van der Waals surface area contributed by atoms with E-state index in [-0.39, 0.29) is 11.7 Å². The smallest absolute Gasteiger partial charge is 0.253 e. The summed E-state index contributed by atoms with van der Waals surface area (Å²) in [5, 5.41) is 13.2. The third kappa shape index (κ3) is 4.11. The van der Waals surface area contributed by atoms with Crippen LogP contribution in [0.5, 0.6) is 11.5 Å². The van der Waals surface area contributed by atoms with Crippen LogP contribution in [-0.2, 0) is 0 Å². The number of hydrogen-bond acceptors (Lipinski definition) is 4. The molecule has 1 fully saturated rings. The maximum atomic E-state index is 12.3. The summed E-state index contributed by atoms with van der Waals surface area (Å²) in [5.41, 5.74) is 0.479. The highest BCUT2D eigenvalue weighted by atomic mass is 16.5. The third-order valence-corrected chi connectivity index (χ3v) is 4.00. The highest BCUT2D eigenvalue weighted by Crippen LogP contribution is 2.26. The first kappa shape index (κ1) is 15.6. The molecule has 0 radical (unpaired) electrons. The molecule has 2 rings (SSSR count). The van der Waals surface area contributed by atoms with E-state index in [2.05, 4.69) is 5.32 Å². The van der Waals surface area contributed by atoms with Gasteiger partial charge in [0.1, 0.15) is 0 Å². The third-order valence-electron chi connectivity index (χ3n) is 4.00. The number of methoxy groups -OCH3 is 1. The van der Waals surface area contributed by atoms with E-state index < -0.39 is 0 Å². The van der Waals surface area contributed by atoms with Crippen molar-refractivity contribution < 1.29 is 14.6 Å². The van der Waals surface area contributed by atoms with Gasteiger partial charge in [-0.05, 0) is 44.0 Å². The van der Waals surface area contributed by atoms with Gasteiger partial charge in [0.2, 0.25) is 0 Å².